The van der Waals surface area contributed by atoms with E-state index in [1.807, 2.05) is 13.8 Å². The van der Waals surface area contributed by atoms with Crippen LogP contribution in [0.2, 0.25) is 5.02 Å². The third kappa shape index (κ3) is 3.64. The Bertz CT molecular complexity index is 609. The van der Waals surface area contributed by atoms with Crippen LogP contribution < -0.4 is 5.48 Å². The van der Waals surface area contributed by atoms with Gasteiger partial charge in [-0.2, -0.15) is 0 Å². The Morgan fingerprint density at radius 3 is 2.78 bits per heavy atom. The average Bonchev–Trinajstić information content (AvgIpc) is 2.85. The van der Waals surface area contributed by atoms with Gasteiger partial charge in [-0.05, 0) is 38.5 Å². The van der Waals surface area contributed by atoms with Crippen LogP contribution in [0.15, 0.2) is 18.2 Å². The summed E-state index contributed by atoms with van der Waals surface area (Å²) < 4.78 is 13.8. The van der Waals surface area contributed by atoms with Crippen molar-refractivity contribution in [1.29, 1.82) is 0 Å². The summed E-state index contributed by atoms with van der Waals surface area (Å²) in [6.07, 6.45) is 0.0615. The van der Waals surface area contributed by atoms with Crippen molar-refractivity contribution in [3.8, 4) is 0 Å². The van der Waals surface area contributed by atoms with Gasteiger partial charge in [0.1, 0.15) is 5.82 Å². The lowest BCUT2D eigenvalue weighted by Gasteiger charge is -2.31. The van der Waals surface area contributed by atoms with Crippen LogP contribution in [0.4, 0.5) is 4.39 Å². The van der Waals surface area contributed by atoms with Crippen molar-refractivity contribution in [2.45, 2.75) is 39.3 Å². The first-order chi connectivity index (χ1) is 10.9. The zero-order chi connectivity index (χ0) is 17.1. The molecule has 0 spiro atoms. The molecular formula is C16H20ClFN2O3. The second-order valence-electron chi connectivity index (χ2n) is 5.72. The maximum Gasteiger partial charge on any atom is 0.249 e. The number of hydrogen-bond donors (Lipinski definition) is 1. The summed E-state index contributed by atoms with van der Waals surface area (Å²) in [5.41, 5.74) is 2.89. The van der Waals surface area contributed by atoms with Crippen LogP contribution in [0.1, 0.15) is 38.8 Å². The Morgan fingerprint density at radius 2 is 2.22 bits per heavy atom. The van der Waals surface area contributed by atoms with E-state index in [1.54, 1.807) is 17.9 Å². The lowest BCUT2D eigenvalue weighted by Crippen LogP contribution is -2.38. The minimum atomic E-state index is -0.642. The van der Waals surface area contributed by atoms with Gasteiger partial charge in [0.25, 0.3) is 0 Å². The first-order valence-electron chi connectivity index (χ1n) is 7.54. The maximum atomic E-state index is 13.8. The van der Waals surface area contributed by atoms with Crippen molar-refractivity contribution in [3.05, 3.63) is 34.6 Å². The third-order valence-corrected chi connectivity index (χ3v) is 4.17. The summed E-state index contributed by atoms with van der Waals surface area (Å²) in [5, 5.41) is 0.00416. The Hall–Kier alpha value is -1.66. The number of likely N-dealkylation sites (tertiary alicyclic amines) is 1. The molecule has 2 rings (SSSR count). The lowest BCUT2D eigenvalue weighted by atomic mass is 9.92. The maximum absolute atomic E-state index is 13.8. The summed E-state index contributed by atoms with van der Waals surface area (Å²) in [4.78, 5) is 31.2. The molecule has 1 aromatic rings. The minimum Gasteiger partial charge on any atom is -0.332 e. The second-order valence-corrected chi connectivity index (χ2v) is 6.13. The number of halogens is 2. The van der Waals surface area contributed by atoms with Gasteiger partial charge in [0.05, 0.1) is 23.6 Å². The first-order valence-corrected chi connectivity index (χ1v) is 7.92. The van der Waals surface area contributed by atoms with Gasteiger partial charge in [-0.15, -0.1) is 0 Å². The van der Waals surface area contributed by atoms with Crippen molar-refractivity contribution in [2.24, 2.45) is 5.92 Å². The number of nitrogens with one attached hydrogen (secondary N) is 1. The SMILES string of the molecule is CCONC(=O)[C@@H]1CC(=O)N(C(C)C)[C@@H]1c1ccc(Cl)c(F)c1. The van der Waals surface area contributed by atoms with Crippen LogP contribution in [0.5, 0.6) is 0 Å². The molecule has 5 nitrogen and oxygen atoms in total. The highest BCUT2D eigenvalue weighted by Gasteiger charge is 2.45. The molecule has 1 aliphatic heterocycles. The highest BCUT2D eigenvalue weighted by atomic mass is 35.5. The molecule has 0 saturated carbocycles. The largest absolute Gasteiger partial charge is 0.332 e. The number of benzene rings is 1. The molecule has 126 valence electrons. The van der Waals surface area contributed by atoms with Gasteiger partial charge in [0.2, 0.25) is 11.8 Å². The smallest absolute Gasteiger partial charge is 0.249 e. The molecule has 1 fully saturated rings. The molecule has 0 radical (unpaired) electrons. The molecular weight excluding hydrogens is 323 g/mol. The zero-order valence-corrected chi connectivity index (χ0v) is 14.1. The van der Waals surface area contributed by atoms with E-state index in [0.717, 1.165) is 0 Å². The molecule has 2 atom stereocenters. The van der Waals surface area contributed by atoms with Crippen LogP contribution in [0.3, 0.4) is 0 Å². The molecule has 0 bridgehead atoms. The second kappa shape index (κ2) is 7.27. The highest BCUT2D eigenvalue weighted by Crippen LogP contribution is 2.40. The van der Waals surface area contributed by atoms with E-state index in [9.17, 15) is 14.0 Å². The molecule has 7 heteroatoms. The number of carbonyl (C=O) groups is 2. The fourth-order valence-corrected chi connectivity index (χ4v) is 3.03. The fourth-order valence-electron chi connectivity index (χ4n) is 2.91. The van der Waals surface area contributed by atoms with Crippen molar-refractivity contribution in [1.82, 2.24) is 10.4 Å². The van der Waals surface area contributed by atoms with E-state index >= 15 is 0 Å². The quantitative estimate of drug-likeness (QED) is 0.837. The number of carbonyl (C=O) groups excluding carboxylic acids is 2. The number of hydroxylamine groups is 1. The molecule has 0 aromatic heterocycles. The summed E-state index contributed by atoms with van der Waals surface area (Å²) in [6, 6.07) is 3.70. The molecule has 23 heavy (non-hydrogen) atoms. The topological polar surface area (TPSA) is 58.6 Å². The lowest BCUT2D eigenvalue weighted by molar-refractivity contribution is -0.138. The van der Waals surface area contributed by atoms with E-state index < -0.39 is 17.8 Å². The van der Waals surface area contributed by atoms with E-state index in [1.165, 1.54) is 12.1 Å². The highest BCUT2D eigenvalue weighted by molar-refractivity contribution is 6.30. The molecule has 0 aliphatic carbocycles. The van der Waals surface area contributed by atoms with E-state index in [-0.39, 0.29) is 29.3 Å². The van der Waals surface area contributed by atoms with Crippen molar-refractivity contribution >= 4 is 23.4 Å². The van der Waals surface area contributed by atoms with Crippen molar-refractivity contribution < 1.29 is 18.8 Å². The molecule has 2 amide bonds. The molecule has 0 unspecified atom stereocenters. The summed E-state index contributed by atoms with van der Waals surface area (Å²) >= 11 is 5.73. The van der Waals surface area contributed by atoms with Crippen LogP contribution in [0.25, 0.3) is 0 Å². The molecule has 1 heterocycles. The van der Waals surface area contributed by atoms with Gasteiger partial charge in [-0.3, -0.25) is 14.4 Å². The van der Waals surface area contributed by atoms with Crippen molar-refractivity contribution in [2.75, 3.05) is 6.61 Å². The summed E-state index contributed by atoms with van der Waals surface area (Å²) in [5.74, 6) is -1.74. The molecule has 1 aliphatic rings. The molecule has 1 aromatic carbocycles. The number of rotatable bonds is 5. The van der Waals surface area contributed by atoms with Gasteiger partial charge < -0.3 is 4.90 Å². The number of amides is 2. The van der Waals surface area contributed by atoms with E-state index in [4.69, 9.17) is 16.4 Å². The van der Waals surface area contributed by atoms with Crippen LogP contribution in [-0.4, -0.2) is 29.4 Å². The standard InChI is InChI=1S/C16H20ClFN2O3/c1-4-23-19-16(22)11-8-14(21)20(9(2)3)15(11)10-5-6-12(17)13(18)7-10/h5-7,9,11,15H,4,8H2,1-3H3,(H,19,22)/t11-,15-/m1/s1. The van der Waals surface area contributed by atoms with Gasteiger partial charge in [0, 0.05) is 12.5 Å². The number of hydrogen-bond acceptors (Lipinski definition) is 3. The van der Waals surface area contributed by atoms with Gasteiger partial charge >= 0.3 is 0 Å². The Labute approximate surface area is 139 Å². The van der Waals surface area contributed by atoms with E-state index in [2.05, 4.69) is 5.48 Å². The van der Waals surface area contributed by atoms with Crippen LogP contribution in [0, 0.1) is 11.7 Å². The van der Waals surface area contributed by atoms with Gasteiger partial charge in [-0.1, -0.05) is 17.7 Å². The fraction of sp³-hybridized carbons (Fsp3) is 0.500. The van der Waals surface area contributed by atoms with Crippen LogP contribution >= 0.6 is 11.6 Å². The Kier molecular flexibility index (Phi) is 5.59. The van der Waals surface area contributed by atoms with E-state index in [0.29, 0.717) is 12.2 Å². The number of nitrogens with zero attached hydrogens (tertiary/aromatic N) is 1. The summed E-state index contributed by atoms with van der Waals surface area (Å²) in [7, 11) is 0. The van der Waals surface area contributed by atoms with Crippen LogP contribution in [-0.2, 0) is 14.4 Å². The van der Waals surface area contributed by atoms with Gasteiger partial charge in [-0.25, -0.2) is 9.87 Å². The normalized spacial score (nSPS) is 21.1. The first kappa shape index (κ1) is 17.7. The Balaban J connectivity index is 2.39. The molecule has 1 saturated heterocycles. The average molecular weight is 343 g/mol. The molecule has 1 N–H and O–H groups in total. The monoisotopic (exact) mass is 342 g/mol. The minimum absolute atomic E-state index is 0.00416. The third-order valence-electron chi connectivity index (χ3n) is 3.86. The summed E-state index contributed by atoms with van der Waals surface area (Å²) in [6.45, 7) is 5.78. The van der Waals surface area contributed by atoms with Crippen molar-refractivity contribution in [3.63, 3.8) is 0 Å². The van der Waals surface area contributed by atoms with Gasteiger partial charge in [0.15, 0.2) is 0 Å². The zero-order valence-electron chi connectivity index (χ0n) is 13.3. The predicted molar refractivity (Wildman–Crippen MR) is 84.0 cm³/mol. The Morgan fingerprint density at radius 1 is 1.52 bits per heavy atom. The predicted octanol–water partition coefficient (Wildman–Crippen LogP) is 2.84.